The maximum absolute atomic E-state index is 13.0. The van der Waals surface area contributed by atoms with E-state index in [-0.39, 0.29) is 35.7 Å². The highest BCUT2D eigenvalue weighted by Crippen LogP contribution is 2.57. The second kappa shape index (κ2) is 6.33. The fourth-order valence-corrected chi connectivity index (χ4v) is 4.82. The van der Waals surface area contributed by atoms with Gasteiger partial charge < -0.3 is 9.47 Å². The number of hydrogen-bond acceptors (Lipinski definition) is 6. The highest BCUT2D eigenvalue weighted by Gasteiger charge is 2.65. The zero-order valence-corrected chi connectivity index (χ0v) is 14.8. The first kappa shape index (κ1) is 17.5. The van der Waals surface area contributed by atoms with E-state index in [1.165, 1.54) is 11.8 Å². The number of ether oxygens (including phenoxy) is 2. The Kier molecular flexibility index (Phi) is 4.09. The standard InChI is InChI=1S/C20H19NO6/c1-3-16(23)27-15-9-11-8-14(15)18-17(11)19(24)21(20(18)25)12-4-6-13(7-5-12)26-10(2)22/h3-7,11,14-15,17-18H,1,8-9H2,2H3. The minimum absolute atomic E-state index is 0.0457. The van der Waals surface area contributed by atoms with E-state index in [1.807, 2.05) is 0 Å². The number of benzene rings is 1. The molecule has 2 bridgehead atoms. The second-order valence-corrected chi connectivity index (χ2v) is 7.23. The molecule has 0 aromatic heterocycles. The van der Waals surface area contributed by atoms with Gasteiger partial charge in [-0.2, -0.15) is 0 Å². The van der Waals surface area contributed by atoms with Gasteiger partial charge in [0.1, 0.15) is 11.9 Å². The molecule has 7 nitrogen and oxygen atoms in total. The molecule has 5 atom stereocenters. The van der Waals surface area contributed by atoms with E-state index in [2.05, 4.69) is 6.58 Å². The Bertz CT molecular complexity index is 845. The average molecular weight is 369 g/mol. The molecule has 0 radical (unpaired) electrons. The molecular formula is C20H19NO6. The summed E-state index contributed by atoms with van der Waals surface area (Å²) in [4.78, 5) is 49.7. The highest BCUT2D eigenvalue weighted by molar-refractivity contribution is 6.22. The first-order valence-electron chi connectivity index (χ1n) is 8.90. The third-order valence-corrected chi connectivity index (χ3v) is 5.75. The number of imide groups is 1. The number of anilines is 1. The van der Waals surface area contributed by atoms with E-state index in [0.717, 1.165) is 12.5 Å². The smallest absolute Gasteiger partial charge is 0.330 e. The zero-order valence-electron chi connectivity index (χ0n) is 14.8. The van der Waals surface area contributed by atoms with Crippen LogP contribution in [0.2, 0.25) is 0 Å². The van der Waals surface area contributed by atoms with Crippen LogP contribution in [-0.4, -0.2) is 29.9 Å². The fourth-order valence-electron chi connectivity index (χ4n) is 4.82. The molecule has 0 N–H and O–H groups in total. The first-order valence-corrected chi connectivity index (χ1v) is 8.90. The number of carbonyl (C=O) groups is 4. The van der Waals surface area contributed by atoms with Gasteiger partial charge in [-0.05, 0) is 43.0 Å². The normalized spacial score (nSPS) is 31.0. The fraction of sp³-hybridized carbons (Fsp3) is 0.400. The lowest BCUT2D eigenvalue weighted by Crippen LogP contribution is -2.36. The van der Waals surface area contributed by atoms with Crippen LogP contribution < -0.4 is 9.64 Å². The lowest BCUT2D eigenvalue weighted by Gasteiger charge is -2.27. The molecule has 2 saturated carbocycles. The molecule has 27 heavy (non-hydrogen) atoms. The number of hydrogen-bond donors (Lipinski definition) is 0. The molecule has 5 unspecified atom stereocenters. The topological polar surface area (TPSA) is 90.0 Å². The molecule has 4 rings (SSSR count). The lowest BCUT2D eigenvalue weighted by molar-refractivity contribution is -0.148. The van der Waals surface area contributed by atoms with Crippen LogP contribution in [0, 0.1) is 23.7 Å². The van der Waals surface area contributed by atoms with E-state index in [1.54, 1.807) is 24.3 Å². The molecule has 1 aliphatic heterocycles. The van der Waals surface area contributed by atoms with E-state index < -0.39 is 17.9 Å². The summed E-state index contributed by atoms with van der Waals surface area (Å²) in [6.07, 6.45) is 2.09. The highest BCUT2D eigenvalue weighted by atomic mass is 16.5. The van der Waals surface area contributed by atoms with Gasteiger partial charge >= 0.3 is 11.9 Å². The van der Waals surface area contributed by atoms with Crippen LogP contribution in [0.25, 0.3) is 0 Å². The minimum atomic E-state index is -0.501. The molecule has 1 aromatic rings. The van der Waals surface area contributed by atoms with Gasteiger partial charge in [-0.1, -0.05) is 6.58 Å². The Hall–Kier alpha value is -2.96. The first-order chi connectivity index (χ1) is 12.9. The summed E-state index contributed by atoms with van der Waals surface area (Å²) in [7, 11) is 0. The molecule has 1 heterocycles. The van der Waals surface area contributed by atoms with Gasteiger partial charge in [0, 0.05) is 18.9 Å². The molecule has 7 heteroatoms. The van der Waals surface area contributed by atoms with Crippen LogP contribution in [0.1, 0.15) is 19.8 Å². The van der Waals surface area contributed by atoms with Gasteiger partial charge in [0.25, 0.3) is 0 Å². The summed E-state index contributed by atoms with van der Waals surface area (Å²) in [5, 5.41) is 0. The van der Waals surface area contributed by atoms with Crippen LogP contribution in [0.15, 0.2) is 36.9 Å². The number of esters is 2. The summed E-state index contributed by atoms with van der Waals surface area (Å²) in [6.45, 7) is 4.70. The van der Waals surface area contributed by atoms with Gasteiger partial charge in [0.15, 0.2) is 0 Å². The summed E-state index contributed by atoms with van der Waals surface area (Å²) in [6, 6.07) is 6.28. The van der Waals surface area contributed by atoms with Gasteiger partial charge in [-0.3, -0.25) is 19.3 Å². The molecule has 1 aromatic carbocycles. The summed E-state index contributed by atoms with van der Waals surface area (Å²) in [5.74, 6) is -1.94. The lowest BCUT2D eigenvalue weighted by atomic mass is 9.79. The van der Waals surface area contributed by atoms with Crippen molar-refractivity contribution >= 4 is 29.4 Å². The maximum atomic E-state index is 13.0. The zero-order chi connectivity index (χ0) is 19.3. The van der Waals surface area contributed by atoms with Crippen molar-refractivity contribution in [3.8, 4) is 5.75 Å². The Morgan fingerprint density at radius 2 is 1.78 bits per heavy atom. The molecular weight excluding hydrogens is 350 g/mol. The molecule has 3 aliphatic rings. The minimum Gasteiger partial charge on any atom is -0.459 e. The second-order valence-electron chi connectivity index (χ2n) is 7.23. The van der Waals surface area contributed by atoms with E-state index >= 15 is 0 Å². The molecule has 2 aliphatic carbocycles. The molecule has 3 fully saturated rings. The van der Waals surface area contributed by atoms with Gasteiger partial charge in [0.2, 0.25) is 11.8 Å². The molecule has 140 valence electrons. The predicted molar refractivity (Wildman–Crippen MR) is 93.5 cm³/mol. The molecule has 0 spiro atoms. The van der Waals surface area contributed by atoms with Crippen molar-refractivity contribution in [2.45, 2.75) is 25.9 Å². The largest absolute Gasteiger partial charge is 0.459 e. The van der Waals surface area contributed by atoms with Crippen molar-refractivity contribution in [2.75, 3.05) is 4.90 Å². The summed E-state index contributed by atoms with van der Waals surface area (Å²) < 4.78 is 10.4. The van der Waals surface area contributed by atoms with Gasteiger partial charge in [0.05, 0.1) is 17.5 Å². The Balaban J connectivity index is 1.56. The van der Waals surface area contributed by atoms with Gasteiger partial charge in [-0.25, -0.2) is 4.79 Å². The number of fused-ring (bicyclic) bond motifs is 5. The van der Waals surface area contributed by atoms with Crippen molar-refractivity contribution in [1.29, 1.82) is 0 Å². The predicted octanol–water partition coefficient (Wildman–Crippen LogP) is 1.86. The van der Waals surface area contributed by atoms with Crippen molar-refractivity contribution in [3.63, 3.8) is 0 Å². The Morgan fingerprint density at radius 1 is 1.11 bits per heavy atom. The number of amides is 2. The van der Waals surface area contributed by atoms with E-state index in [9.17, 15) is 19.2 Å². The monoisotopic (exact) mass is 369 g/mol. The Labute approximate surface area is 155 Å². The van der Waals surface area contributed by atoms with Gasteiger partial charge in [-0.15, -0.1) is 0 Å². The summed E-state index contributed by atoms with van der Waals surface area (Å²) >= 11 is 0. The average Bonchev–Trinajstić information content (AvgIpc) is 3.27. The van der Waals surface area contributed by atoms with Crippen molar-refractivity contribution in [2.24, 2.45) is 23.7 Å². The molecule has 1 saturated heterocycles. The quantitative estimate of drug-likeness (QED) is 0.348. The van der Waals surface area contributed by atoms with Crippen molar-refractivity contribution in [3.05, 3.63) is 36.9 Å². The Morgan fingerprint density at radius 3 is 2.41 bits per heavy atom. The number of rotatable bonds is 4. The van der Waals surface area contributed by atoms with Crippen LogP contribution in [0.3, 0.4) is 0 Å². The van der Waals surface area contributed by atoms with Crippen LogP contribution >= 0.6 is 0 Å². The van der Waals surface area contributed by atoms with Crippen LogP contribution in [0.4, 0.5) is 5.69 Å². The van der Waals surface area contributed by atoms with Crippen LogP contribution in [-0.2, 0) is 23.9 Å². The molecule has 2 amide bonds. The third kappa shape index (κ3) is 2.74. The number of carbonyl (C=O) groups excluding carboxylic acids is 4. The summed E-state index contributed by atoms with van der Waals surface area (Å²) in [5.41, 5.74) is 0.453. The van der Waals surface area contributed by atoms with Crippen molar-refractivity contribution in [1.82, 2.24) is 0 Å². The maximum Gasteiger partial charge on any atom is 0.330 e. The number of nitrogens with zero attached hydrogens (tertiary/aromatic N) is 1. The SMILES string of the molecule is C=CC(=O)OC1CC2CC1C1C(=O)N(c3ccc(OC(C)=O)cc3)C(=O)C21. The van der Waals surface area contributed by atoms with Crippen LogP contribution in [0.5, 0.6) is 5.75 Å². The third-order valence-electron chi connectivity index (χ3n) is 5.75. The van der Waals surface area contributed by atoms with E-state index in [0.29, 0.717) is 17.9 Å². The van der Waals surface area contributed by atoms with Crippen molar-refractivity contribution < 1.29 is 28.7 Å². The van der Waals surface area contributed by atoms with E-state index in [4.69, 9.17) is 9.47 Å².